The predicted molar refractivity (Wildman–Crippen MR) is 105 cm³/mol. The lowest BCUT2D eigenvalue weighted by Crippen LogP contribution is -2.39. The number of halogens is 2. The largest absolute Gasteiger partial charge is 0.324 e. The molecular formula is C23H18F2N2O2. The first-order valence-corrected chi connectivity index (χ1v) is 9.15. The van der Waals surface area contributed by atoms with Crippen LogP contribution in [0.3, 0.4) is 0 Å². The lowest BCUT2D eigenvalue weighted by atomic mass is 9.94. The van der Waals surface area contributed by atoms with Gasteiger partial charge in [-0.05, 0) is 48.9 Å². The Balaban J connectivity index is 1.90. The Morgan fingerprint density at radius 3 is 2.48 bits per heavy atom. The Labute approximate surface area is 166 Å². The highest BCUT2D eigenvalue weighted by Gasteiger charge is 2.34. The smallest absolute Gasteiger partial charge is 0.255 e. The Morgan fingerprint density at radius 1 is 1.00 bits per heavy atom. The van der Waals surface area contributed by atoms with Gasteiger partial charge < -0.3 is 10.2 Å². The number of hydrogen-bond acceptors (Lipinski definition) is 2. The fraction of sp³-hybridized carbons (Fsp3) is 0.130. The second kappa shape index (κ2) is 7.47. The Bertz CT molecular complexity index is 1100. The summed E-state index contributed by atoms with van der Waals surface area (Å²) >= 11 is 0. The van der Waals surface area contributed by atoms with Crippen molar-refractivity contribution in [2.75, 3.05) is 11.9 Å². The first-order chi connectivity index (χ1) is 13.9. The van der Waals surface area contributed by atoms with E-state index in [1.54, 1.807) is 18.2 Å². The summed E-state index contributed by atoms with van der Waals surface area (Å²) in [5.41, 5.74) is 3.04. The molecule has 2 amide bonds. The molecule has 0 aromatic heterocycles. The molecule has 0 aliphatic carbocycles. The molecule has 0 saturated heterocycles. The monoisotopic (exact) mass is 392 g/mol. The number of nitrogens with zero attached hydrogens (tertiary/aromatic N) is 1. The normalized spacial score (nSPS) is 16.0. The van der Waals surface area contributed by atoms with Crippen molar-refractivity contribution in [1.29, 1.82) is 0 Å². The van der Waals surface area contributed by atoms with Crippen molar-refractivity contribution >= 4 is 17.5 Å². The molecule has 4 nitrogen and oxygen atoms in total. The van der Waals surface area contributed by atoms with Gasteiger partial charge in [0.1, 0.15) is 18.2 Å². The van der Waals surface area contributed by atoms with Gasteiger partial charge in [-0.2, -0.15) is 0 Å². The standard InChI is InChI=1S/C23H18F2N2O2/c1-14-5-10-20-19(11-14)22(15-6-8-17(24)9-7-15)27(13-21(28)26-20)23(29)16-3-2-4-18(25)12-16/h2-12,22H,13H2,1H3,(H,26,28)/t22-/m1/s1. The van der Waals surface area contributed by atoms with Gasteiger partial charge in [-0.25, -0.2) is 8.78 Å². The number of anilines is 1. The van der Waals surface area contributed by atoms with Gasteiger partial charge in [0.15, 0.2) is 0 Å². The Morgan fingerprint density at radius 2 is 1.76 bits per heavy atom. The molecular weight excluding hydrogens is 374 g/mol. The third-order valence-electron chi connectivity index (χ3n) is 4.92. The zero-order valence-electron chi connectivity index (χ0n) is 15.7. The minimum Gasteiger partial charge on any atom is -0.324 e. The van der Waals surface area contributed by atoms with E-state index in [4.69, 9.17) is 0 Å². The van der Waals surface area contributed by atoms with Crippen LogP contribution in [-0.4, -0.2) is 23.3 Å². The molecule has 1 N–H and O–H groups in total. The van der Waals surface area contributed by atoms with Gasteiger partial charge in [0.05, 0.1) is 6.04 Å². The van der Waals surface area contributed by atoms with E-state index in [0.29, 0.717) is 16.8 Å². The van der Waals surface area contributed by atoms with Crippen molar-refractivity contribution in [2.45, 2.75) is 13.0 Å². The number of carbonyl (C=O) groups excluding carboxylic acids is 2. The van der Waals surface area contributed by atoms with Gasteiger partial charge in [-0.1, -0.05) is 35.9 Å². The van der Waals surface area contributed by atoms with Crippen LogP contribution in [0.5, 0.6) is 0 Å². The van der Waals surface area contributed by atoms with Crippen LogP contribution in [0, 0.1) is 18.6 Å². The first-order valence-electron chi connectivity index (χ1n) is 9.15. The lowest BCUT2D eigenvalue weighted by Gasteiger charge is -2.31. The van der Waals surface area contributed by atoms with Crippen LogP contribution in [0.15, 0.2) is 66.7 Å². The van der Waals surface area contributed by atoms with E-state index in [9.17, 15) is 18.4 Å². The maximum absolute atomic E-state index is 13.7. The molecule has 1 aliphatic heterocycles. The average molecular weight is 392 g/mol. The molecule has 0 bridgehead atoms. The highest BCUT2D eigenvalue weighted by atomic mass is 19.1. The van der Waals surface area contributed by atoms with E-state index in [1.165, 1.54) is 35.2 Å². The molecule has 1 atom stereocenters. The zero-order valence-corrected chi connectivity index (χ0v) is 15.7. The molecule has 146 valence electrons. The summed E-state index contributed by atoms with van der Waals surface area (Å²) in [7, 11) is 0. The Kier molecular flexibility index (Phi) is 4.84. The van der Waals surface area contributed by atoms with Crippen molar-refractivity contribution in [2.24, 2.45) is 0 Å². The fourth-order valence-electron chi connectivity index (χ4n) is 3.61. The van der Waals surface area contributed by atoms with Crippen LogP contribution in [0.2, 0.25) is 0 Å². The second-order valence-electron chi connectivity index (χ2n) is 7.04. The number of hydrogen-bond donors (Lipinski definition) is 1. The molecule has 0 saturated carbocycles. The second-order valence-corrected chi connectivity index (χ2v) is 7.04. The van der Waals surface area contributed by atoms with Gasteiger partial charge >= 0.3 is 0 Å². The fourth-order valence-corrected chi connectivity index (χ4v) is 3.61. The number of nitrogens with one attached hydrogen (secondary N) is 1. The summed E-state index contributed by atoms with van der Waals surface area (Å²) in [6.45, 7) is 1.69. The summed E-state index contributed by atoms with van der Waals surface area (Å²) in [6.07, 6.45) is 0. The number of rotatable bonds is 2. The van der Waals surface area contributed by atoms with Crippen molar-refractivity contribution in [1.82, 2.24) is 4.90 Å². The molecule has 4 rings (SSSR count). The van der Waals surface area contributed by atoms with Crippen molar-refractivity contribution in [3.8, 4) is 0 Å². The van der Waals surface area contributed by atoms with E-state index in [2.05, 4.69) is 5.32 Å². The molecule has 1 aliphatic rings. The number of fused-ring (bicyclic) bond motifs is 1. The summed E-state index contributed by atoms with van der Waals surface area (Å²) in [6, 6.07) is 16.1. The van der Waals surface area contributed by atoms with E-state index >= 15 is 0 Å². The summed E-state index contributed by atoms with van der Waals surface area (Å²) in [5, 5.41) is 2.83. The third-order valence-corrected chi connectivity index (χ3v) is 4.92. The van der Waals surface area contributed by atoms with Gasteiger partial charge in [0.25, 0.3) is 5.91 Å². The molecule has 6 heteroatoms. The maximum atomic E-state index is 13.7. The maximum Gasteiger partial charge on any atom is 0.255 e. The SMILES string of the molecule is Cc1ccc2c(c1)[C@@H](c1ccc(F)cc1)N(C(=O)c1cccc(F)c1)CC(=O)N2. The molecule has 0 radical (unpaired) electrons. The van der Waals surface area contributed by atoms with Gasteiger partial charge in [0, 0.05) is 16.8 Å². The van der Waals surface area contributed by atoms with Crippen LogP contribution < -0.4 is 5.32 Å². The zero-order chi connectivity index (χ0) is 20.5. The minimum atomic E-state index is -0.639. The van der Waals surface area contributed by atoms with Crippen molar-refractivity contribution in [3.63, 3.8) is 0 Å². The molecule has 0 unspecified atom stereocenters. The molecule has 1 heterocycles. The number of carbonyl (C=O) groups is 2. The predicted octanol–water partition coefficient (Wildman–Crippen LogP) is 4.46. The van der Waals surface area contributed by atoms with Gasteiger partial charge in [-0.15, -0.1) is 0 Å². The van der Waals surface area contributed by atoms with Crippen molar-refractivity contribution < 1.29 is 18.4 Å². The Hall–Kier alpha value is -3.54. The lowest BCUT2D eigenvalue weighted by molar-refractivity contribution is -0.117. The van der Waals surface area contributed by atoms with Crippen LogP contribution >= 0.6 is 0 Å². The van der Waals surface area contributed by atoms with Crippen LogP contribution in [0.4, 0.5) is 14.5 Å². The average Bonchev–Trinajstić information content (AvgIpc) is 2.84. The highest BCUT2D eigenvalue weighted by molar-refractivity contribution is 6.01. The van der Waals surface area contributed by atoms with Crippen LogP contribution in [-0.2, 0) is 4.79 Å². The van der Waals surface area contributed by atoms with E-state index < -0.39 is 23.6 Å². The molecule has 0 spiro atoms. The van der Waals surface area contributed by atoms with Gasteiger partial charge in [-0.3, -0.25) is 9.59 Å². The van der Waals surface area contributed by atoms with Crippen LogP contribution in [0.25, 0.3) is 0 Å². The van der Waals surface area contributed by atoms with Crippen LogP contribution in [0.1, 0.15) is 33.1 Å². The number of benzene rings is 3. The van der Waals surface area contributed by atoms with E-state index in [1.807, 2.05) is 19.1 Å². The minimum absolute atomic E-state index is 0.140. The van der Waals surface area contributed by atoms with Crippen molar-refractivity contribution in [3.05, 3.63) is 101 Å². The first kappa shape index (κ1) is 18.8. The molecule has 0 fully saturated rings. The number of amides is 2. The summed E-state index contributed by atoms with van der Waals surface area (Å²) < 4.78 is 27.2. The summed E-state index contributed by atoms with van der Waals surface area (Å²) in [5.74, 6) is -1.78. The van der Waals surface area contributed by atoms with E-state index in [0.717, 1.165) is 11.6 Å². The quantitative estimate of drug-likeness (QED) is 0.700. The topological polar surface area (TPSA) is 49.4 Å². The highest BCUT2D eigenvalue weighted by Crippen LogP contribution is 2.37. The summed E-state index contributed by atoms with van der Waals surface area (Å²) in [4.78, 5) is 27.2. The molecule has 3 aromatic rings. The molecule has 29 heavy (non-hydrogen) atoms. The number of aryl methyl sites for hydroxylation is 1. The third kappa shape index (κ3) is 3.74. The molecule has 3 aromatic carbocycles. The van der Waals surface area contributed by atoms with Gasteiger partial charge in [0.2, 0.25) is 5.91 Å². The van der Waals surface area contributed by atoms with E-state index in [-0.39, 0.29) is 18.0 Å².